The highest BCUT2D eigenvalue weighted by Gasteiger charge is 2.06. The molecule has 1 atom stereocenters. The molecule has 0 saturated carbocycles. The van der Waals surface area contributed by atoms with E-state index in [1.165, 1.54) is 105 Å². The van der Waals surface area contributed by atoms with Crippen molar-refractivity contribution in [2.45, 2.75) is 110 Å². The molecule has 0 heteroatoms. The molecule has 0 aliphatic heterocycles. The highest BCUT2D eigenvalue weighted by molar-refractivity contribution is 5.83. The van der Waals surface area contributed by atoms with Gasteiger partial charge < -0.3 is 0 Å². The zero-order valence-electron chi connectivity index (χ0n) is 18.2. The van der Waals surface area contributed by atoms with Gasteiger partial charge in [0.1, 0.15) is 0 Å². The molecule has 0 aliphatic carbocycles. The van der Waals surface area contributed by atoms with Crippen LogP contribution >= 0.6 is 0 Å². The molecule has 0 amide bonds. The normalized spacial score (nSPS) is 12.6. The molecule has 0 heterocycles. The zero-order valence-corrected chi connectivity index (χ0v) is 18.2. The molecule has 0 aliphatic rings. The van der Waals surface area contributed by atoms with Gasteiger partial charge in [0, 0.05) is 0 Å². The highest BCUT2D eigenvalue weighted by atomic mass is 14.1. The van der Waals surface area contributed by atoms with Crippen molar-refractivity contribution in [1.29, 1.82) is 0 Å². The molecule has 0 N–H and O–H groups in total. The molecule has 27 heavy (non-hydrogen) atoms. The van der Waals surface area contributed by atoms with Crippen molar-refractivity contribution in [3.05, 3.63) is 47.5 Å². The standard InChI is InChI=1S/C27H42/c1-4-5-6-7-8-9-10-11-12-13-14-15-16-24(3)25-19-20-26-21-23(2)17-18-27(26)22-25/h17-22,24H,4-16H2,1-3H3. The summed E-state index contributed by atoms with van der Waals surface area (Å²) < 4.78 is 0. The number of rotatable bonds is 14. The van der Waals surface area contributed by atoms with E-state index in [0.717, 1.165) is 0 Å². The molecule has 0 spiro atoms. The van der Waals surface area contributed by atoms with E-state index < -0.39 is 0 Å². The number of benzene rings is 2. The summed E-state index contributed by atoms with van der Waals surface area (Å²) in [5.74, 6) is 0.679. The average Bonchev–Trinajstić information content (AvgIpc) is 2.68. The average molecular weight is 367 g/mol. The molecule has 0 fully saturated rings. The Morgan fingerprint density at radius 2 is 1.15 bits per heavy atom. The van der Waals surface area contributed by atoms with E-state index in [9.17, 15) is 0 Å². The molecule has 2 aromatic carbocycles. The largest absolute Gasteiger partial charge is 0.0654 e. The van der Waals surface area contributed by atoms with Gasteiger partial charge in [-0.05, 0) is 35.6 Å². The van der Waals surface area contributed by atoms with Crippen LogP contribution in [0.3, 0.4) is 0 Å². The molecule has 2 rings (SSSR count). The maximum atomic E-state index is 2.40. The quantitative estimate of drug-likeness (QED) is 0.292. The monoisotopic (exact) mass is 366 g/mol. The summed E-state index contributed by atoms with van der Waals surface area (Å²) in [6.45, 7) is 6.86. The van der Waals surface area contributed by atoms with Crippen molar-refractivity contribution >= 4 is 10.8 Å². The van der Waals surface area contributed by atoms with E-state index in [1.54, 1.807) is 0 Å². The molecule has 0 nitrogen and oxygen atoms in total. The molecule has 0 aromatic heterocycles. The van der Waals surface area contributed by atoms with Gasteiger partial charge in [-0.3, -0.25) is 0 Å². The minimum atomic E-state index is 0.679. The first-order valence-electron chi connectivity index (χ1n) is 11.7. The zero-order chi connectivity index (χ0) is 19.3. The summed E-state index contributed by atoms with van der Waals surface area (Å²) in [6.07, 6.45) is 18.5. The fourth-order valence-corrected chi connectivity index (χ4v) is 4.15. The Bertz CT molecular complexity index is 640. The van der Waals surface area contributed by atoms with Crippen molar-refractivity contribution in [3.8, 4) is 0 Å². The lowest BCUT2D eigenvalue weighted by atomic mass is 9.92. The number of aryl methyl sites for hydroxylation is 1. The third kappa shape index (κ3) is 8.50. The number of unbranched alkanes of at least 4 members (excludes halogenated alkanes) is 11. The van der Waals surface area contributed by atoms with Crippen molar-refractivity contribution in [3.63, 3.8) is 0 Å². The topological polar surface area (TPSA) is 0 Å². The second-order valence-electron chi connectivity index (χ2n) is 8.69. The lowest BCUT2D eigenvalue weighted by Crippen LogP contribution is -1.94. The smallest absolute Gasteiger partial charge is 0.0181 e. The second kappa shape index (κ2) is 13.0. The third-order valence-electron chi connectivity index (χ3n) is 6.08. The summed E-state index contributed by atoms with van der Waals surface area (Å²) in [7, 11) is 0. The minimum absolute atomic E-state index is 0.679. The van der Waals surface area contributed by atoms with Crippen LogP contribution in [-0.2, 0) is 0 Å². The number of fused-ring (bicyclic) bond motifs is 1. The van der Waals surface area contributed by atoms with E-state index in [0.29, 0.717) is 5.92 Å². The van der Waals surface area contributed by atoms with Crippen molar-refractivity contribution in [1.82, 2.24) is 0 Å². The Morgan fingerprint density at radius 3 is 1.78 bits per heavy atom. The Balaban J connectivity index is 1.53. The van der Waals surface area contributed by atoms with Crippen LogP contribution in [0, 0.1) is 6.92 Å². The molecule has 150 valence electrons. The van der Waals surface area contributed by atoms with Crippen LogP contribution in [0.15, 0.2) is 36.4 Å². The van der Waals surface area contributed by atoms with Gasteiger partial charge in [0.15, 0.2) is 0 Å². The molecule has 1 unspecified atom stereocenters. The lowest BCUT2D eigenvalue weighted by Gasteiger charge is -2.13. The molecule has 2 aromatic rings. The summed E-state index contributed by atoms with van der Waals surface area (Å²) in [5, 5.41) is 2.76. The SMILES string of the molecule is CCCCCCCCCCCCCCC(C)c1ccc2cc(C)ccc2c1. The van der Waals surface area contributed by atoms with Crippen LogP contribution < -0.4 is 0 Å². The highest BCUT2D eigenvalue weighted by Crippen LogP contribution is 2.26. The fourth-order valence-electron chi connectivity index (χ4n) is 4.15. The maximum Gasteiger partial charge on any atom is -0.0181 e. The van der Waals surface area contributed by atoms with Gasteiger partial charge >= 0.3 is 0 Å². The first kappa shape index (κ1) is 22.0. The molecule has 0 saturated heterocycles. The summed E-state index contributed by atoms with van der Waals surface area (Å²) in [5.41, 5.74) is 2.86. The van der Waals surface area contributed by atoms with Gasteiger partial charge in [-0.25, -0.2) is 0 Å². The first-order chi connectivity index (χ1) is 13.2. The van der Waals surface area contributed by atoms with Crippen molar-refractivity contribution in [2.24, 2.45) is 0 Å². The van der Waals surface area contributed by atoms with E-state index >= 15 is 0 Å². The Kier molecular flexibility index (Phi) is 10.6. The van der Waals surface area contributed by atoms with Crippen LogP contribution in [0.4, 0.5) is 0 Å². The fraction of sp³-hybridized carbons (Fsp3) is 0.630. The maximum absolute atomic E-state index is 2.40. The van der Waals surface area contributed by atoms with Gasteiger partial charge in [0.2, 0.25) is 0 Å². The van der Waals surface area contributed by atoms with Gasteiger partial charge in [-0.1, -0.05) is 133 Å². The first-order valence-corrected chi connectivity index (χ1v) is 11.7. The summed E-state index contributed by atoms with van der Waals surface area (Å²) >= 11 is 0. The van der Waals surface area contributed by atoms with Crippen LogP contribution in [0.2, 0.25) is 0 Å². The second-order valence-corrected chi connectivity index (χ2v) is 8.69. The van der Waals surface area contributed by atoms with Crippen LogP contribution in [-0.4, -0.2) is 0 Å². The van der Waals surface area contributed by atoms with Crippen LogP contribution in [0.5, 0.6) is 0 Å². The minimum Gasteiger partial charge on any atom is -0.0654 e. The lowest BCUT2D eigenvalue weighted by molar-refractivity contribution is 0.529. The van der Waals surface area contributed by atoms with Gasteiger partial charge in [0.05, 0.1) is 0 Å². The van der Waals surface area contributed by atoms with E-state index in [1.807, 2.05) is 0 Å². The Hall–Kier alpha value is -1.30. The van der Waals surface area contributed by atoms with E-state index in [4.69, 9.17) is 0 Å². The number of hydrogen-bond acceptors (Lipinski definition) is 0. The molecular weight excluding hydrogens is 324 g/mol. The Labute approximate surface area is 168 Å². The van der Waals surface area contributed by atoms with Gasteiger partial charge in [-0.15, -0.1) is 0 Å². The van der Waals surface area contributed by atoms with E-state index in [-0.39, 0.29) is 0 Å². The third-order valence-corrected chi connectivity index (χ3v) is 6.08. The predicted octanol–water partition coefficient (Wildman–Crippen LogP) is 9.34. The van der Waals surface area contributed by atoms with Crippen LogP contribution in [0.1, 0.15) is 114 Å². The van der Waals surface area contributed by atoms with Crippen molar-refractivity contribution in [2.75, 3.05) is 0 Å². The number of hydrogen-bond donors (Lipinski definition) is 0. The summed E-state index contributed by atoms with van der Waals surface area (Å²) in [6, 6.07) is 13.8. The van der Waals surface area contributed by atoms with E-state index in [2.05, 4.69) is 57.2 Å². The molecule has 0 radical (unpaired) electrons. The van der Waals surface area contributed by atoms with Crippen molar-refractivity contribution < 1.29 is 0 Å². The Morgan fingerprint density at radius 1 is 0.630 bits per heavy atom. The summed E-state index contributed by atoms with van der Waals surface area (Å²) in [4.78, 5) is 0. The molecular formula is C27H42. The predicted molar refractivity (Wildman–Crippen MR) is 123 cm³/mol. The van der Waals surface area contributed by atoms with Crippen LogP contribution in [0.25, 0.3) is 10.8 Å². The van der Waals surface area contributed by atoms with Gasteiger partial charge in [0.25, 0.3) is 0 Å². The molecule has 0 bridgehead atoms. The van der Waals surface area contributed by atoms with Gasteiger partial charge in [-0.2, -0.15) is 0 Å².